The Morgan fingerprint density at radius 1 is 1.64 bits per heavy atom. The van der Waals surface area contributed by atoms with Gasteiger partial charge in [0.2, 0.25) is 0 Å². The molecule has 2 N–H and O–H groups in total. The molecule has 1 unspecified atom stereocenters. The van der Waals surface area contributed by atoms with Crippen LogP contribution in [0.3, 0.4) is 0 Å². The lowest BCUT2D eigenvalue weighted by Gasteiger charge is -2.05. The average molecular weight is 197 g/mol. The van der Waals surface area contributed by atoms with Gasteiger partial charge in [0.25, 0.3) is 0 Å². The Labute approximate surface area is 85.1 Å². The van der Waals surface area contributed by atoms with E-state index in [1.54, 1.807) is 7.11 Å². The minimum atomic E-state index is 0.216. The van der Waals surface area contributed by atoms with Crippen LogP contribution in [-0.4, -0.2) is 29.7 Å². The highest BCUT2D eigenvalue weighted by atomic mass is 16.5. The number of imidazole rings is 1. The van der Waals surface area contributed by atoms with Gasteiger partial charge in [0.1, 0.15) is 5.82 Å². The van der Waals surface area contributed by atoms with E-state index in [-0.39, 0.29) is 6.10 Å². The highest BCUT2D eigenvalue weighted by molar-refractivity contribution is 5.01. The predicted octanol–water partition coefficient (Wildman–Crippen LogP) is 1.10. The van der Waals surface area contributed by atoms with E-state index in [0.29, 0.717) is 0 Å². The lowest BCUT2D eigenvalue weighted by Crippen LogP contribution is -2.12. The first-order valence-corrected chi connectivity index (χ1v) is 5.02. The molecule has 14 heavy (non-hydrogen) atoms. The molecule has 0 aliphatic heterocycles. The number of aromatic amines is 1. The van der Waals surface area contributed by atoms with Crippen LogP contribution in [0.5, 0.6) is 0 Å². The van der Waals surface area contributed by atoms with E-state index in [0.717, 1.165) is 31.0 Å². The Bertz CT molecular complexity index is 260. The Hall–Kier alpha value is -0.870. The van der Waals surface area contributed by atoms with Crippen LogP contribution in [0, 0.1) is 0 Å². The maximum atomic E-state index is 5.17. The predicted molar refractivity (Wildman–Crippen MR) is 56.1 cm³/mol. The number of hydrogen-bond acceptors (Lipinski definition) is 3. The number of ether oxygens (including phenoxy) is 1. The summed E-state index contributed by atoms with van der Waals surface area (Å²) < 4.78 is 5.17. The highest BCUT2D eigenvalue weighted by Crippen LogP contribution is 2.02. The second-order valence-electron chi connectivity index (χ2n) is 3.39. The molecule has 4 heteroatoms. The first-order valence-electron chi connectivity index (χ1n) is 5.02. The maximum absolute atomic E-state index is 5.17. The fourth-order valence-corrected chi connectivity index (χ4v) is 1.21. The van der Waals surface area contributed by atoms with Crippen molar-refractivity contribution in [2.45, 2.75) is 32.9 Å². The van der Waals surface area contributed by atoms with E-state index in [4.69, 9.17) is 4.74 Å². The van der Waals surface area contributed by atoms with E-state index >= 15 is 0 Å². The number of aromatic nitrogens is 2. The number of rotatable bonds is 6. The fraction of sp³-hybridized carbons (Fsp3) is 0.700. The highest BCUT2D eigenvalue weighted by Gasteiger charge is 2.05. The molecule has 0 aromatic carbocycles. The molecule has 0 bridgehead atoms. The molecule has 0 amide bonds. The molecule has 0 saturated heterocycles. The van der Waals surface area contributed by atoms with Crippen molar-refractivity contribution in [2.75, 3.05) is 13.7 Å². The van der Waals surface area contributed by atoms with Crippen LogP contribution in [0.1, 0.15) is 25.4 Å². The molecule has 1 heterocycles. The summed E-state index contributed by atoms with van der Waals surface area (Å²) in [6.07, 6.45) is 2.93. The Morgan fingerprint density at radius 3 is 3.07 bits per heavy atom. The van der Waals surface area contributed by atoms with Gasteiger partial charge in [-0.2, -0.15) is 0 Å². The van der Waals surface area contributed by atoms with Crippen LogP contribution in [0.15, 0.2) is 6.20 Å². The Morgan fingerprint density at radius 2 is 2.43 bits per heavy atom. The first kappa shape index (κ1) is 11.2. The van der Waals surface area contributed by atoms with Crippen molar-refractivity contribution in [1.29, 1.82) is 0 Å². The number of nitrogens with one attached hydrogen (secondary N) is 2. The maximum Gasteiger partial charge on any atom is 0.108 e. The van der Waals surface area contributed by atoms with Gasteiger partial charge in [-0.25, -0.2) is 4.98 Å². The van der Waals surface area contributed by atoms with E-state index < -0.39 is 0 Å². The lowest BCUT2D eigenvalue weighted by molar-refractivity contribution is 0.117. The molecule has 0 aliphatic rings. The Balaban J connectivity index is 2.42. The average Bonchev–Trinajstić information content (AvgIpc) is 2.62. The van der Waals surface area contributed by atoms with Crippen molar-refractivity contribution in [2.24, 2.45) is 0 Å². The smallest absolute Gasteiger partial charge is 0.108 e. The van der Waals surface area contributed by atoms with Crippen LogP contribution in [-0.2, 0) is 17.7 Å². The van der Waals surface area contributed by atoms with Gasteiger partial charge in [-0.1, -0.05) is 6.92 Å². The lowest BCUT2D eigenvalue weighted by atomic mass is 10.3. The zero-order valence-corrected chi connectivity index (χ0v) is 9.13. The van der Waals surface area contributed by atoms with Crippen molar-refractivity contribution in [3.8, 4) is 0 Å². The third kappa shape index (κ3) is 3.47. The van der Waals surface area contributed by atoms with Crippen molar-refractivity contribution in [3.63, 3.8) is 0 Å². The number of methoxy groups -OCH3 is 1. The molecule has 0 saturated carbocycles. The van der Waals surface area contributed by atoms with Crippen molar-refractivity contribution in [3.05, 3.63) is 17.7 Å². The standard InChI is InChI=1S/C10H19N3O/c1-4-11-6-9-7-12-10(13-9)5-8(2)14-3/h7-8,11H,4-6H2,1-3H3,(H,12,13). The quantitative estimate of drug-likeness (QED) is 0.718. The molecule has 4 nitrogen and oxygen atoms in total. The Kier molecular flexibility index (Phi) is 4.62. The van der Waals surface area contributed by atoms with E-state index in [1.165, 1.54) is 0 Å². The number of nitrogens with zero attached hydrogens (tertiary/aromatic N) is 1. The third-order valence-corrected chi connectivity index (χ3v) is 2.13. The second-order valence-corrected chi connectivity index (χ2v) is 3.39. The minimum Gasteiger partial charge on any atom is -0.381 e. The van der Waals surface area contributed by atoms with Gasteiger partial charge in [0.15, 0.2) is 0 Å². The molecule has 0 aliphatic carbocycles. The monoisotopic (exact) mass is 197 g/mol. The molecule has 1 aromatic heterocycles. The van der Waals surface area contributed by atoms with E-state index in [9.17, 15) is 0 Å². The van der Waals surface area contributed by atoms with Gasteiger partial charge >= 0.3 is 0 Å². The summed E-state index contributed by atoms with van der Waals surface area (Å²) in [4.78, 5) is 7.54. The molecule has 0 spiro atoms. The summed E-state index contributed by atoms with van der Waals surface area (Å²) in [5.41, 5.74) is 1.13. The molecule has 0 radical (unpaired) electrons. The largest absolute Gasteiger partial charge is 0.381 e. The minimum absolute atomic E-state index is 0.216. The van der Waals surface area contributed by atoms with Gasteiger partial charge in [0, 0.05) is 32.0 Å². The number of H-pyrrole nitrogens is 1. The van der Waals surface area contributed by atoms with E-state index in [1.807, 2.05) is 13.1 Å². The SMILES string of the molecule is CCNCc1cnc(CC(C)OC)[nH]1. The number of hydrogen-bond donors (Lipinski definition) is 2. The van der Waals surface area contributed by atoms with Crippen molar-refractivity contribution >= 4 is 0 Å². The van der Waals surface area contributed by atoms with Gasteiger partial charge in [-0.3, -0.25) is 0 Å². The molecule has 0 fully saturated rings. The van der Waals surface area contributed by atoms with Crippen LogP contribution >= 0.6 is 0 Å². The molecule has 80 valence electrons. The normalized spacial score (nSPS) is 13.1. The second kappa shape index (κ2) is 5.78. The molecular weight excluding hydrogens is 178 g/mol. The summed E-state index contributed by atoms with van der Waals surface area (Å²) in [5, 5.41) is 3.24. The van der Waals surface area contributed by atoms with Gasteiger partial charge in [-0.15, -0.1) is 0 Å². The molecule has 1 rings (SSSR count). The summed E-state index contributed by atoms with van der Waals surface area (Å²) in [7, 11) is 1.72. The molecule has 1 aromatic rings. The van der Waals surface area contributed by atoms with Crippen LogP contribution < -0.4 is 5.32 Å². The summed E-state index contributed by atoms with van der Waals surface area (Å²) >= 11 is 0. The van der Waals surface area contributed by atoms with Gasteiger partial charge in [-0.05, 0) is 13.5 Å². The third-order valence-electron chi connectivity index (χ3n) is 2.13. The van der Waals surface area contributed by atoms with Gasteiger partial charge in [0.05, 0.1) is 6.10 Å². The molecule has 1 atom stereocenters. The summed E-state index contributed by atoms with van der Waals surface area (Å²) in [6.45, 7) is 5.95. The summed E-state index contributed by atoms with van der Waals surface area (Å²) in [5.74, 6) is 0.993. The zero-order valence-electron chi connectivity index (χ0n) is 9.13. The van der Waals surface area contributed by atoms with Crippen molar-refractivity contribution in [1.82, 2.24) is 15.3 Å². The van der Waals surface area contributed by atoms with Crippen LogP contribution in [0.25, 0.3) is 0 Å². The van der Waals surface area contributed by atoms with Gasteiger partial charge < -0.3 is 15.0 Å². The molecular formula is C10H19N3O. The summed E-state index contributed by atoms with van der Waals surface area (Å²) in [6, 6.07) is 0. The van der Waals surface area contributed by atoms with Crippen LogP contribution in [0.2, 0.25) is 0 Å². The fourth-order valence-electron chi connectivity index (χ4n) is 1.21. The van der Waals surface area contributed by atoms with E-state index in [2.05, 4.69) is 22.2 Å². The van der Waals surface area contributed by atoms with Crippen molar-refractivity contribution < 1.29 is 4.74 Å². The topological polar surface area (TPSA) is 49.9 Å². The first-order chi connectivity index (χ1) is 6.76. The zero-order chi connectivity index (χ0) is 10.4. The van der Waals surface area contributed by atoms with Crippen LogP contribution in [0.4, 0.5) is 0 Å².